The normalized spacial score (nSPS) is 12.1. The molecule has 0 saturated carbocycles. The standard InChI is InChI=1S/C25H56NP.FH/c1-5-8-11-14-17-20-23-27(26-4,24-21-18-15-12-9-6-2)25-22-19-16-13-10-7-3;/h26-27H,5-25H2,1-4H3;1H. The zero-order chi connectivity index (χ0) is 20.1. The molecular formula is C25H57FNP. The molecule has 1 nitrogen and oxygen atoms in total. The van der Waals surface area contributed by atoms with Crippen LogP contribution in [0, 0.1) is 0 Å². The van der Waals surface area contributed by atoms with E-state index in [1.165, 1.54) is 116 Å². The minimum Gasteiger partial charge on any atom is -0.269 e. The molecule has 0 unspecified atom stereocenters. The summed E-state index contributed by atoms with van der Waals surface area (Å²) in [5.41, 5.74) is 0. The second-order valence-electron chi connectivity index (χ2n) is 9.08. The van der Waals surface area contributed by atoms with E-state index < -0.39 is 7.41 Å². The second-order valence-corrected chi connectivity index (χ2v) is 13.6. The first kappa shape index (κ1) is 30.5. The largest absolute Gasteiger partial charge is 0.269 e. The molecule has 0 fully saturated rings. The van der Waals surface area contributed by atoms with Gasteiger partial charge < -0.3 is 0 Å². The van der Waals surface area contributed by atoms with E-state index >= 15 is 0 Å². The molecule has 0 aliphatic carbocycles. The molecule has 0 aromatic heterocycles. The van der Waals surface area contributed by atoms with Crippen molar-refractivity contribution in [2.75, 3.05) is 25.5 Å². The Morgan fingerprint density at radius 2 is 0.679 bits per heavy atom. The first-order chi connectivity index (χ1) is 13.2. The van der Waals surface area contributed by atoms with Crippen LogP contribution >= 0.6 is 7.41 Å². The third-order valence-electron chi connectivity index (χ3n) is 6.56. The number of hydrogen-bond acceptors (Lipinski definition) is 1. The van der Waals surface area contributed by atoms with Gasteiger partial charge in [0, 0.05) is 0 Å². The van der Waals surface area contributed by atoms with Gasteiger partial charge in [-0.1, -0.05) is 0 Å². The number of halogens is 1. The van der Waals surface area contributed by atoms with Crippen molar-refractivity contribution in [3.05, 3.63) is 0 Å². The number of rotatable bonds is 22. The van der Waals surface area contributed by atoms with Gasteiger partial charge in [0.15, 0.2) is 0 Å². The van der Waals surface area contributed by atoms with Crippen molar-refractivity contribution >= 4 is 7.41 Å². The van der Waals surface area contributed by atoms with Gasteiger partial charge in [0.25, 0.3) is 0 Å². The molecule has 0 heterocycles. The molecule has 0 amide bonds. The van der Waals surface area contributed by atoms with E-state index in [1.54, 1.807) is 18.5 Å². The van der Waals surface area contributed by atoms with Crippen molar-refractivity contribution in [2.45, 2.75) is 136 Å². The Hall–Kier alpha value is 0.320. The molecule has 0 spiro atoms. The summed E-state index contributed by atoms with van der Waals surface area (Å²) in [5.74, 6) is 0. The van der Waals surface area contributed by atoms with E-state index in [2.05, 4.69) is 32.9 Å². The van der Waals surface area contributed by atoms with Crippen LogP contribution in [0.4, 0.5) is 4.70 Å². The summed E-state index contributed by atoms with van der Waals surface area (Å²) >= 11 is 0. The maximum Gasteiger partial charge on any atom is -0.269 e. The van der Waals surface area contributed by atoms with Crippen LogP contribution < -0.4 is 5.09 Å². The van der Waals surface area contributed by atoms with Gasteiger partial charge in [-0.15, -0.1) is 0 Å². The van der Waals surface area contributed by atoms with Crippen LogP contribution in [0.1, 0.15) is 136 Å². The molecule has 0 saturated heterocycles. The molecule has 0 aromatic rings. The summed E-state index contributed by atoms with van der Waals surface area (Å²) in [6, 6.07) is 0. The van der Waals surface area contributed by atoms with Gasteiger partial charge in [-0.2, -0.15) is 0 Å². The Balaban J connectivity index is 0. The minimum atomic E-state index is -1.22. The topological polar surface area (TPSA) is 12.0 Å². The molecule has 28 heavy (non-hydrogen) atoms. The monoisotopic (exact) mass is 421 g/mol. The van der Waals surface area contributed by atoms with E-state index in [4.69, 9.17) is 0 Å². The fraction of sp³-hybridized carbons (Fsp3) is 1.00. The Morgan fingerprint density at radius 1 is 0.429 bits per heavy atom. The van der Waals surface area contributed by atoms with Crippen LogP contribution in [-0.2, 0) is 0 Å². The third kappa shape index (κ3) is 18.4. The Labute approximate surface area is 179 Å². The van der Waals surface area contributed by atoms with E-state index in [-0.39, 0.29) is 4.70 Å². The van der Waals surface area contributed by atoms with Crippen LogP contribution in [0.2, 0.25) is 0 Å². The average Bonchev–Trinajstić information content (AvgIpc) is 2.69. The molecule has 0 aliphatic heterocycles. The van der Waals surface area contributed by atoms with Crippen LogP contribution in [-0.4, -0.2) is 25.5 Å². The van der Waals surface area contributed by atoms with Gasteiger partial charge >= 0.3 is 174 Å². The third-order valence-corrected chi connectivity index (χ3v) is 11.5. The van der Waals surface area contributed by atoms with E-state index in [1.807, 2.05) is 0 Å². The van der Waals surface area contributed by atoms with Crippen molar-refractivity contribution in [2.24, 2.45) is 0 Å². The Morgan fingerprint density at radius 3 is 0.929 bits per heavy atom. The van der Waals surface area contributed by atoms with Crippen LogP contribution in [0.3, 0.4) is 0 Å². The zero-order valence-corrected chi connectivity index (χ0v) is 21.3. The summed E-state index contributed by atoms with van der Waals surface area (Å²) in [6.07, 6.45) is 30.7. The number of hydrogen-bond donors (Lipinski definition) is 1. The summed E-state index contributed by atoms with van der Waals surface area (Å²) in [6.45, 7) is 6.96. The van der Waals surface area contributed by atoms with Crippen LogP contribution in [0.5, 0.6) is 0 Å². The molecule has 0 rings (SSSR count). The minimum absolute atomic E-state index is 0. The predicted octanol–water partition coefficient (Wildman–Crippen LogP) is 9.10. The summed E-state index contributed by atoms with van der Waals surface area (Å²) in [7, 11) is 1.08. The van der Waals surface area contributed by atoms with Crippen LogP contribution in [0.25, 0.3) is 0 Å². The van der Waals surface area contributed by atoms with E-state index in [0.717, 1.165) is 0 Å². The van der Waals surface area contributed by atoms with Gasteiger partial charge in [-0.05, 0) is 0 Å². The van der Waals surface area contributed by atoms with E-state index in [0.29, 0.717) is 0 Å². The summed E-state index contributed by atoms with van der Waals surface area (Å²) < 4.78 is 0. The SMILES string of the molecule is CCCCCCCC[PH](CCCCCCCC)(CCCCCCCC)NC.F. The van der Waals surface area contributed by atoms with Gasteiger partial charge in [0.2, 0.25) is 0 Å². The molecule has 0 atom stereocenters. The molecule has 0 aromatic carbocycles. The van der Waals surface area contributed by atoms with Gasteiger partial charge in [-0.3, -0.25) is 4.70 Å². The first-order valence-corrected chi connectivity index (χ1v) is 15.6. The smallest absolute Gasteiger partial charge is 0.269 e. The van der Waals surface area contributed by atoms with Crippen molar-refractivity contribution in [1.29, 1.82) is 0 Å². The number of nitrogens with one attached hydrogen (secondary N) is 1. The zero-order valence-electron chi connectivity index (χ0n) is 20.3. The molecule has 0 radical (unpaired) electrons. The van der Waals surface area contributed by atoms with Crippen LogP contribution in [0.15, 0.2) is 0 Å². The Kier molecular flexibility index (Phi) is 25.7. The molecule has 0 aliphatic rings. The summed E-state index contributed by atoms with van der Waals surface area (Å²) in [4.78, 5) is 0. The molecule has 3 heteroatoms. The molecular weight excluding hydrogens is 364 g/mol. The van der Waals surface area contributed by atoms with Crippen molar-refractivity contribution in [1.82, 2.24) is 5.09 Å². The predicted molar refractivity (Wildman–Crippen MR) is 135 cm³/mol. The van der Waals surface area contributed by atoms with Gasteiger partial charge in [-0.25, -0.2) is 0 Å². The van der Waals surface area contributed by atoms with Crippen molar-refractivity contribution in [3.63, 3.8) is 0 Å². The second kappa shape index (κ2) is 23.6. The average molecular weight is 422 g/mol. The number of unbranched alkanes of at least 4 members (excludes halogenated alkanes) is 15. The molecule has 174 valence electrons. The fourth-order valence-electron chi connectivity index (χ4n) is 4.48. The van der Waals surface area contributed by atoms with Gasteiger partial charge in [0.1, 0.15) is 0 Å². The molecule has 1 N–H and O–H groups in total. The van der Waals surface area contributed by atoms with E-state index in [9.17, 15) is 0 Å². The fourth-order valence-corrected chi connectivity index (χ4v) is 8.76. The first-order valence-electron chi connectivity index (χ1n) is 12.9. The quantitative estimate of drug-likeness (QED) is 0.136. The molecule has 0 bridgehead atoms. The maximum atomic E-state index is 3.96. The van der Waals surface area contributed by atoms with Gasteiger partial charge in [0.05, 0.1) is 0 Å². The summed E-state index contributed by atoms with van der Waals surface area (Å²) in [5, 5.41) is 3.96. The maximum absolute atomic E-state index is 3.96. The van der Waals surface area contributed by atoms with Crippen molar-refractivity contribution < 1.29 is 4.70 Å². The Bertz CT molecular complexity index is 245. The van der Waals surface area contributed by atoms with Crippen molar-refractivity contribution in [3.8, 4) is 0 Å².